The van der Waals surface area contributed by atoms with Crippen LogP contribution in [0.3, 0.4) is 0 Å². The Hall–Kier alpha value is -0.530. The smallest absolute Gasteiger partial charge is 0.104 e. The number of hydrogen-bond acceptors (Lipinski definition) is 0. The highest BCUT2D eigenvalue weighted by molar-refractivity contribution is 6.17. The molecule has 0 aromatic heterocycles. The maximum atomic E-state index is 5.69. The maximum Gasteiger partial charge on any atom is 0.104 e. The lowest BCUT2D eigenvalue weighted by Crippen LogP contribution is -2.39. The van der Waals surface area contributed by atoms with Crippen molar-refractivity contribution in [3.8, 4) is 0 Å². The molecule has 0 N–H and O–H groups in total. The Morgan fingerprint density at radius 1 is 0.667 bits per heavy atom. The van der Waals surface area contributed by atoms with Crippen LogP contribution >= 0.6 is 11.6 Å². The molecule has 0 saturated carbocycles. The largest absolute Gasteiger partial charge is 0.325 e. The third-order valence-electron chi connectivity index (χ3n) is 4.85. The molecular weight excluding hydrogens is 314 g/mol. The lowest BCUT2D eigenvalue weighted by atomic mass is 10.1. The summed E-state index contributed by atoms with van der Waals surface area (Å²) < 4.78 is 1.10. The highest BCUT2D eigenvalue weighted by atomic mass is 35.5. The second-order valence-corrected chi connectivity index (χ2v) is 8.26. The highest BCUT2D eigenvalue weighted by Gasteiger charge is 2.14. The van der Waals surface area contributed by atoms with Gasteiger partial charge in [0.2, 0.25) is 0 Å². The monoisotopic (exact) mass is 352 g/mol. The average Bonchev–Trinajstić information content (AvgIpc) is 2.56. The molecule has 0 aliphatic rings. The molecule has 1 nitrogen and oxygen atoms in total. The van der Waals surface area contributed by atoms with Crippen LogP contribution in [0, 0.1) is 0 Å². The number of nitrogens with zero attached hydrogens (tertiary/aromatic N) is 1. The minimum Gasteiger partial charge on any atom is -0.325 e. The number of halogens is 1. The predicted octanol–water partition coefficient (Wildman–Crippen LogP) is 6.79. The summed E-state index contributed by atoms with van der Waals surface area (Å²) in [6.07, 6.45) is 15.2. The Labute approximate surface area is 156 Å². The molecule has 0 amide bonds. The van der Waals surface area contributed by atoms with E-state index >= 15 is 0 Å². The van der Waals surface area contributed by atoms with Gasteiger partial charge in [0.1, 0.15) is 6.54 Å². The standard InChI is InChI=1S/C22H39ClN/c1-24(2,21-22-17-13-12-14-18-22)20-16-11-9-7-5-3-4-6-8-10-15-19-23/h12-14,17-18H,3-11,15-16,19-21H2,1-2H3/q+1. The highest BCUT2D eigenvalue weighted by Crippen LogP contribution is 2.14. The summed E-state index contributed by atoms with van der Waals surface area (Å²) in [6, 6.07) is 10.9. The van der Waals surface area contributed by atoms with Crippen molar-refractivity contribution in [2.45, 2.75) is 77.2 Å². The topological polar surface area (TPSA) is 0 Å². The van der Waals surface area contributed by atoms with Crippen LogP contribution in [0.15, 0.2) is 30.3 Å². The minimum absolute atomic E-state index is 0.834. The lowest BCUT2D eigenvalue weighted by Gasteiger charge is -2.30. The van der Waals surface area contributed by atoms with Gasteiger partial charge in [-0.2, -0.15) is 0 Å². The van der Waals surface area contributed by atoms with Crippen molar-refractivity contribution in [2.24, 2.45) is 0 Å². The predicted molar refractivity (Wildman–Crippen MR) is 109 cm³/mol. The Kier molecular flexibility index (Phi) is 12.3. The van der Waals surface area contributed by atoms with Crippen molar-refractivity contribution in [3.05, 3.63) is 35.9 Å². The van der Waals surface area contributed by atoms with Gasteiger partial charge in [0.05, 0.1) is 20.6 Å². The third-order valence-corrected chi connectivity index (χ3v) is 5.12. The Morgan fingerprint density at radius 3 is 1.62 bits per heavy atom. The van der Waals surface area contributed by atoms with E-state index in [2.05, 4.69) is 44.4 Å². The summed E-state index contributed by atoms with van der Waals surface area (Å²) in [7, 11) is 4.72. The van der Waals surface area contributed by atoms with Crippen molar-refractivity contribution < 1.29 is 4.48 Å². The Bertz CT molecular complexity index is 388. The van der Waals surface area contributed by atoms with Crippen molar-refractivity contribution in [1.82, 2.24) is 0 Å². The second-order valence-electron chi connectivity index (χ2n) is 7.88. The van der Waals surface area contributed by atoms with E-state index < -0.39 is 0 Å². The molecule has 0 unspecified atom stereocenters. The van der Waals surface area contributed by atoms with Crippen LogP contribution < -0.4 is 0 Å². The van der Waals surface area contributed by atoms with E-state index in [-0.39, 0.29) is 0 Å². The Balaban J connectivity index is 1.92. The third kappa shape index (κ3) is 11.9. The molecule has 0 aliphatic carbocycles. The van der Waals surface area contributed by atoms with Gasteiger partial charge in [-0.25, -0.2) is 0 Å². The number of alkyl halides is 1. The van der Waals surface area contributed by atoms with Crippen LogP contribution in [0.4, 0.5) is 0 Å². The molecule has 0 radical (unpaired) electrons. The van der Waals surface area contributed by atoms with Crippen LogP contribution in [-0.2, 0) is 6.54 Å². The summed E-state index contributed by atoms with van der Waals surface area (Å²) >= 11 is 5.69. The zero-order valence-electron chi connectivity index (χ0n) is 16.1. The van der Waals surface area contributed by atoms with Crippen LogP contribution in [-0.4, -0.2) is 31.0 Å². The number of unbranched alkanes of at least 4 members (excludes halogenated alkanes) is 10. The molecule has 1 aromatic rings. The zero-order valence-corrected chi connectivity index (χ0v) is 16.9. The van der Waals surface area contributed by atoms with Crippen LogP contribution in [0.25, 0.3) is 0 Å². The molecule has 24 heavy (non-hydrogen) atoms. The van der Waals surface area contributed by atoms with Gasteiger partial charge in [-0.1, -0.05) is 81.7 Å². The molecule has 2 heteroatoms. The van der Waals surface area contributed by atoms with Crippen molar-refractivity contribution >= 4 is 11.6 Å². The van der Waals surface area contributed by atoms with Gasteiger partial charge < -0.3 is 4.48 Å². The molecule has 0 heterocycles. The van der Waals surface area contributed by atoms with Gasteiger partial charge in [-0.15, -0.1) is 11.6 Å². The van der Waals surface area contributed by atoms with Gasteiger partial charge in [-0.05, 0) is 19.3 Å². The van der Waals surface area contributed by atoms with Crippen LogP contribution in [0.1, 0.15) is 76.2 Å². The summed E-state index contributed by atoms with van der Waals surface area (Å²) in [5.41, 5.74) is 1.45. The molecule has 0 saturated heterocycles. The molecule has 0 atom stereocenters. The summed E-state index contributed by atoms with van der Waals surface area (Å²) in [5, 5.41) is 0. The lowest BCUT2D eigenvalue weighted by molar-refractivity contribution is -0.903. The van der Waals surface area contributed by atoms with Gasteiger partial charge in [-0.3, -0.25) is 0 Å². The molecule has 1 rings (SSSR count). The molecule has 0 fully saturated rings. The Morgan fingerprint density at radius 2 is 1.12 bits per heavy atom. The van der Waals surface area contributed by atoms with Crippen molar-refractivity contribution in [2.75, 3.05) is 26.5 Å². The molecule has 0 bridgehead atoms. The first-order valence-corrected chi connectivity index (χ1v) is 10.6. The van der Waals surface area contributed by atoms with Crippen molar-refractivity contribution in [3.63, 3.8) is 0 Å². The van der Waals surface area contributed by atoms with Crippen molar-refractivity contribution in [1.29, 1.82) is 0 Å². The number of quaternary nitrogens is 1. The average molecular weight is 353 g/mol. The number of benzene rings is 1. The zero-order chi connectivity index (χ0) is 17.5. The van der Waals surface area contributed by atoms with E-state index in [0.29, 0.717) is 0 Å². The normalized spacial score (nSPS) is 11.8. The first-order valence-electron chi connectivity index (χ1n) is 10.1. The maximum absolute atomic E-state index is 5.69. The first-order chi connectivity index (χ1) is 11.6. The summed E-state index contributed by atoms with van der Waals surface area (Å²) in [6.45, 7) is 2.43. The molecule has 1 aromatic carbocycles. The fourth-order valence-corrected chi connectivity index (χ4v) is 3.57. The van der Waals surface area contributed by atoms with Gasteiger partial charge in [0, 0.05) is 11.4 Å². The second kappa shape index (κ2) is 13.7. The quantitative estimate of drug-likeness (QED) is 0.185. The van der Waals surface area contributed by atoms with Gasteiger partial charge in [0.15, 0.2) is 0 Å². The number of hydrogen-bond donors (Lipinski definition) is 0. The van der Waals surface area contributed by atoms with E-state index in [1.807, 2.05) is 0 Å². The number of rotatable bonds is 15. The van der Waals surface area contributed by atoms with E-state index in [9.17, 15) is 0 Å². The van der Waals surface area contributed by atoms with Crippen LogP contribution in [0.2, 0.25) is 0 Å². The molecule has 0 spiro atoms. The van der Waals surface area contributed by atoms with E-state index in [1.165, 1.54) is 82.7 Å². The minimum atomic E-state index is 0.834. The summed E-state index contributed by atoms with van der Waals surface area (Å²) in [4.78, 5) is 0. The molecule has 0 aliphatic heterocycles. The fraction of sp³-hybridized carbons (Fsp3) is 0.727. The molecular formula is C22H39ClN+. The first kappa shape index (κ1) is 21.5. The van der Waals surface area contributed by atoms with E-state index in [4.69, 9.17) is 11.6 Å². The van der Waals surface area contributed by atoms with Crippen LogP contribution in [0.5, 0.6) is 0 Å². The van der Waals surface area contributed by atoms with E-state index in [0.717, 1.165) is 16.9 Å². The van der Waals surface area contributed by atoms with E-state index in [1.54, 1.807) is 0 Å². The van der Waals surface area contributed by atoms with Gasteiger partial charge in [0.25, 0.3) is 0 Å². The molecule has 138 valence electrons. The SMILES string of the molecule is C[N+](C)(CCCCCCCCCCCCCCl)Cc1ccccc1. The fourth-order valence-electron chi connectivity index (χ4n) is 3.38. The van der Waals surface area contributed by atoms with Gasteiger partial charge >= 0.3 is 0 Å². The summed E-state index contributed by atoms with van der Waals surface area (Å²) in [5.74, 6) is 0.834.